The quantitative estimate of drug-likeness (QED) is 0.855. The molecule has 1 aliphatic rings. The Morgan fingerprint density at radius 1 is 1.29 bits per heavy atom. The van der Waals surface area contributed by atoms with Crippen molar-refractivity contribution >= 4 is 24.2 Å². The van der Waals surface area contributed by atoms with Crippen molar-refractivity contribution in [3.05, 3.63) is 23.9 Å². The SMILES string of the molecule is CN1CCN(c2cccc(C(=O)O)n2)CC1.Cl. The Balaban J connectivity index is 0.00000144. The molecule has 1 saturated heterocycles. The van der Waals surface area contributed by atoms with Crippen molar-refractivity contribution in [2.45, 2.75) is 0 Å². The van der Waals surface area contributed by atoms with Crippen molar-refractivity contribution in [1.29, 1.82) is 0 Å². The third kappa shape index (κ3) is 3.31. The first-order valence-corrected chi connectivity index (χ1v) is 5.30. The fourth-order valence-electron chi connectivity index (χ4n) is 1.75. The van der Waals surface area contributed by atoms with Crippen molar-refractivity contribution in [2.75, 3.05) is 38.1 Å². The van der Waals surface area contributed by atoms with E-state index in [0.717, 1.165) is 32.0 Å². The van der Waals surface area contributed by atoms with Gasteiger partial charge in [0.25, 0.3) is 0 Å². The number of anilines is 1. The van der Waals surface area contributed by atoms with Crippen LogP contribution in [0.2, 0.25) is 0 Å². The van der Waals surface area contributed by atoms with E-state index < -0.39 is 5.97 Å². The average Bonchev–Trinajstić information content (AvgIpc) is 2.30. The van der Waals surface area contributed by atoms with E-state index in [1.165, 1.54) is 6.07 Å². The number of carboxylic acid groups (broad SMARTS) is 1. The molecular formula is C11H16ClN3O2. The molecule has 0 atom stereocenters. The lowest BCUT2D eigenvalue weighted by molar-refractivity contribution is 0.0690. The summed E-state index contributed by atoms with van der Waals surface area (Å²) in [6.07, 6.45) is 0. The summed E-state index contributed by atoms with van der Waals surface area (Å²) in [5.74, 6) is -0.219. The van der Waals surface area contributed by atoms with E-state index in [4.69, 9.17) is 5.11 Å². The van der Waals surface area contributed by atoms with Gasteiger partial charge in [-0.3, -0.25) is 0 Å². The van der Waals surface area contributed by atoms with Crippen LogP contribution in [0.15, 0.2) is 18.2 Å². The third-order valence-corrected chi connectivity index (χ3v) is 2.78. The molecule has 0 aliphatic carbocycles. The minimum Gasteiger partial charge on any atom is -0.477 e. The van der Waals surface area contributed by atoms with Crippen LogP contribution in [0.5, 0.6) is 0 Å². The summed E-state index contributed by atoms with van der Waals surface area (Å²) in [4.78, 5) is 19.3. The van der Waals surface area contributed by atoms with Gasteiger partial charge in [-0.25, -0.2) is 9.78 Å². The number of likely N-dealkylation sites (N-methyl/N-ethyl adjacent to an activating group) is 1. The van der Waals surface area contributed by atoms with Gasteiger partial charge in [0, 0.05) is 26.2 Å². The van der Waals surface area contributed by atoms with Crippen molar-refractivity contribution < 1.29 is 9.90 Å². The number of hydrogen-bond acceptors (Lipinski definition) is 4. The van der Waals surface area contributed by atoms with Gasteiger partial charge in [0.1, 0.15) is 5.82 Å². The fourth-order valence-corrected chi connectivity index (χ4v) is 1.75. The Morgan fingerprint density at radius 2 is 1.94 bits per heavy atom. The van der Waals surface area contributed by atoms with Gasteiger partial charge in [-0.2, -0.15) is 0 Å². The molecule has 0 spiro atoms. The summed E-state index contributed by atoms with van der Waals surface area (Å²) in [7, 11) is 2.08. The predicted octanol–water partition coefficient (Wildman–Crippen LogP) is 0.953. The predicted molar refractivity (Wildman–Crippen MR) is 68.2 cm³/mol. The van der Waals surface area contributed by atoms with Gasteiger partial charge in [-0.15, -0.1) is 12.4 Å². The highest BCUT2D eigenvalue weighted by Crippen LogP contribution is 2.13. The number of piperazine rings is 1. The normalized spacial score (nSPS) is 16.4. The van der Waals surface area contributed by atoms with Crippen molar-refractivity contribution in [3.63, 3.8) is 0 Å². The zero-order valence-electron chi connectivity index (χ0n) is 9.67. The van der Waals surface area contributed by atoms with Gasteiger partial charge >= 0.3 is 5.97 Å². The van der Waals surface area contributed by atoms with Crippen LogP contribution in [0.1, 0.15) is 10.5 Å². The number of pyridine rings is 1. The molecular weight excluding hydrogens is 242 g/mol. The number of aromatic nitrogens is 1. The van der Waals surface area contributed by atoms with Gasteiger partial charge in [0.15, 0.2) is 5.69 Å². The highest BCUT2D eigenvalue weighted by molar-refractivity contribution is 5.86. The first-order valence-electron chi connectivity index (χ1n) is 5.30. The van der Waals surface area contributed by atoms with Crippen LogP contribution in [0.25, 0.3) is 0 Å². The zero-order chi connectivity index (χ0) is 11.5. The highest BCUT2D eigenvalue weighted by Gasteiger charge is 2.16. The summed E-state index contributed by atoms with van der Waals surface area (Å²) in [5, 5.41) is 8.86. The number of carboxylic acids is 1. The van der Waals surface area contributed by atoms with Crippen molar-refractivity contribution in [1.82, 2.24) is 9.88 Å². The van der Waals surface area contributed by atoms with Gasteiger partial charge in [-0.05, 0) is 19.2 Å². The van der Waals surface area contributed by atoms with E-state index in [0.29, 0.717) is 0 Å². The third-order valence-electron chi connectivity index (χ3n) is 2.78. The molecule has 0 bridgehead atoms. The molecule has 1 aromatic rings. The number of hydrogen-bond donors (Lipinski definition) is 1. The molecule has 0 saturated carbocycles. The number of halogens is 1. The van der Waals surface area contributed by atoms with E-state index >= 15 is 0 Å². The van der Waals surface area contributed by atoms with Gasteiger partial charge in [0.2, 0.25) is 0 Å². The number of nitrogens with zero attached hydrogens (tertiary/aromatic N) is 3. The van der Waals surface area contributed by atoms with Crippen LogP contribution in [0.4, 0.5) is 5.82 Å². The molecule has 2 heterocycles. The minimum atomic E-state index is -0.976. The van der Waals surface area contributed by atoms with E-state index in [1.807, 2.05) is 6.07 Å². The van der Waals surface area contributed by atoms with Crippen molar-refractivity contribution in [2.24, 2.45) is 0 Å². The maximum absolute atomic E-state index is 10.8. The van der Waals surface area contributed by atoms with Crippen LogP contribution in [0, 0.1) is 0 Å². The summed E-state index contributed by atoms with van der Waals surface area (Å²) < 4.78 is 0. The maximum Gasteiger partial charge on any atom is 0.354 e. The fraction of sp³-hybridized carbons (Fsp3) is 0.455. The molecule has 1 N–H and O–H groups in total. The van der Waals surface area contributed by atoms with Crippen LogP contribution in [-0.2, 0) is 0 Å². The molecule has 5 nitrogen and oxygen atoms in total. The van der Waals surface area contributed by atoms with Crippen LogP contribution < -0.4 is 4.90 Å². The lowest BCUT2D eigenvalue weighted by Gasteiger charge is -2.33. The van der Waals surface area contributed by atoms with E-state index in [1.54, 1.807) is 6.07 Å². The van der Waals surface area contributed by atoms with Gasteiger partial charge < -0.3 is 14.9 Å². The van der Waals surface area contributed by atoms with E-state index in [2.05, 4.69) is 21.8 Å². The van der Waals surface area contributed by atoms with Gasteiger partial charge in [-0.1, -0.05) is 6.07 Å². The largest absolute Gasteiger partial charge is 0.477 e. The molecule has 94 valence electrons. The molecule has 2 rings (SSSR count). The maximum atomic E-state index is 10.8. The first kappa shape index (κ1) is 13.7. The molecule has 1 aromatic heterocycles. The Bertz CT molecular complexity index is 392. The summed E-state index contributed by atoms with van der Waals surface area (Å²) in [5.41, 5.74) is 0.108. The smallest absolute Gasteiger partial charge is 0.354 e. The van der Waals surface area contributed by atoms with Crippen LogP contribution >= 0.6 is 12.4 Å². The zero-order valence-corrected chi connectivity index (χ0v) is 10.5. The summed E-state index contributed by atoms with van der Waals surface area (Å²) in [6.45, 7) is 3.76. The topological polar surface area (TPSA) is 56.7 Å². The molecule has 0 amide bonds. The molecule has 0 aromatic carbocycles. The van der Waals surface area contributed by atoms with Crippen LogP contribution in [-0.4, -0.2) is 54.2 Å². The lowest BCUT2D eigenvalue weighted by Crippen LogP contribution is -2.44. The Hall–Kier alpha value is -1.33. The molecule has 6 heteroatoms. The average molecular weight is 258 g/mol. The van der Waals surface area contributed by atoms with E-state index in [-0.39, 0.29) is 18.1 Å². The first-order chi connectivity index (χ1) is 7.66. The molecule has 0 radical (unpaired) electrons. The number of carbonyl (C=O) groups is 1. The summed E-state index contributed by atoms with van der Waals surface area (Å²) >= 11 is 0. The Kier molecular flexibility index (Phi) is 4.72. The van der Waals surface area contributed by atoms with Crippen molar-refractivity contribution in [3.8, 4) is 0 Å². The van der Waals surface area contributed by atoms with Gasteiger partial charge in [0.05, 0.1) is 0 Å². The molecule has 1 aliphatic heterocycles. The highest BCUT2D eigenvalue weighted by atomic mass is 35.5. The second-order valence-electron chi connectivity index (χ2n) is 3.98. The molecule has 17 heavy (non-hydrogen) atoms. The summed E-state index contributed by atoms with van der Waals surface area (Å²) in [6, 6.07) is 5.11. The van der Waals surface area contributed by atoms with Crippen LogP contribution in [0.3, 0.4) is 0 Å². The molecule has 1 fully saturated rings. The Morgan fingerprint density at radius 3 is 2.53 bits per heavy atom. The second-order valence-corrected chi connectivity index (χ2v) is 3.98. The lowest BCUT2D eigenvalue weighted by atomic mass is 10.3. The monoisotopic (exact) mass is 257 g/mol. The number of aromatic carboxylic acids is 1. The van der Waals surface area contributed by atoms with E-state index in [9.17, 15) is 4.79 Å². The minimum absolute atomic E-state index is 0. The standard InChI is InChI=1S/C11H15N3O2.ClH/c1-13-5-7-14(8-6-13)10-4-2-3-9(12-10)11(15)16;/h2-4H,5-8H2,1H3,(H,15,16);1H. The molecule has 0 unspecified atom stereocenters. The number of rotatable bonds is 2. The second kappa shape index (κ2) is 5.84. The Labute approximate surface area is 106 Å².